The molecule has 76 valence electrons. The van der Waals surface area contributed by atoms with E-state index in [2.05, 4.69) is 15.9 Å². The van der Waals surface area contributed by atoms with Gasteiger partial charge in [-0.05, 0) is 61.1 Å². The number of halogens is 6. The number of esters is 1. The maximum absolute atomic E-state index is 10.9. The number of carbonyl (C=O) groups excluding carboxylic acids is 1. The minimum Gasteiger partial charge on any atom is -0.457 e. The summed E-state index contributed by atoms with van der Waals surface area (Å²) in [4.78, 5) is 10.9. The van der Waals surface area contributed by atoms with E-state index in [1.807, 2.05) is 45.2 Å². The lowest BCUT2D eigenvalue weighted by Crippen LogP contribution is -2.22. The number of carbonyl (C=O) groups is 1. The van der Waals surface area contributed by atoms with Gasteiger partial charge in [0.2, 0.25) is 0 Å². The van der Waals surface area contributed by atoms with Crippen molar-refractivity contribution in [2.24, 2.45) is 0 Å². The van der Waals surface area contributed by atoms with E-state index < -0.39 is 9.76 Å². The summed E-state index contributed by atoms with van der Waals surface area (Å²) in [5, 5.41) is 0. The first-order valence-corrected chi connectivity index (χ1v) is 6.77. The molecule has 0 aromatic heterocycles. The van der Waals surface area contributed by atoms with Gasteiger partial charge in [0.05, 0.1) is 2.49 Å². The fraction of sp³-hybridized carbons (Fsp3) is 0.400. The highest BCUT2D eigenvalue weighted by Crippen LogP contribution is 2.29. The topological polar surface area (TPSA) is 26.3 Å². The first kappa shape index (κ1) is 15.0. The zero-order valence-corrected chi connectivity index (χ0v) is 14.0. The molecule has 0 saturated heterocycles. The van der Waals surface area contributed by atoms with E-state index in [0.717, 1.165) is 6.07 Å². The molecule has 2 nitrogen and oxygen atoms in total. The predicted octanol–water partition coefficient (Wildman–Crippen LogP) is 4.33. The second kappa shape index (κ2) is 6.57. The molecule has 0 fully saturated rings. The van der Waals surface area contributed by atoms with Crippen LogP contribution in [0.4, 0.5) is 0 Å². The normalized spacial score (nSPS) is 13.7. The van der Waals surface area contributed by atoms with Crippen molar-refractivity contribution in [2.75, 3.05) is 6.61 Å². The molecular formula is C5H2BrCl3I2O2. The third-order valence-corrected chi connectivity index (χ3v) is 4.98. The van der Waals surface area contributed by atoms with Gasteiger partial charge in [-0.15, -0.1) is 0 Å². The molecule has 0 aliphatic rings. The minimum atomic E-state index is -2.01. The van der Waals surface area contributed by atoms with Crippen LogP contribution >= 0.6 is 95.9 Å². The quantitative estimate of drug-likeness (QED) is 0.300. The Morgan fingerprint density at radius 2 is 1.85 bits per heavy atom. The van der Waals surface area contributed by atoms with Gasteiger partial charge in [-0.2, -0.15) is 0 Å². The van der Waals surface area contributed by atoms with Gasteiger partial charge in [-0.25, -0.2) is 4.79 Å². The van der Waals surface area contributed by atoms with Crippen LogP contribution < -0.4 is 0 Å². The van der Waals surface area contributed by atoms with E-state index >= 15 is 0 Å². The Hall–Kier alpha value is 2.02. The Labute approximate surface area is 126 Å². The number of alkyl halides is 3. The van der Waals surface area contributed by atoms with Crippen molar-refractivity contribution in [3.8, 4) is 0 Å². The number of rotatable bonds is 2. The molecular weight excluding hydrogens is 532 g/mol. The summed E-state index contributed by atoms with van der Waals surface area (Å²) in [6.07, 6.45) is 0. The second-order valence-electron chi connectivity index (χ2n) is 1.74. The van der Waals surface area contributed by atoms with Gasteiger partial charge in [0, 0.05) is 3.58 Å². The summed E-state index contributed by atoms with van der Waals surface area (Å²) in [6.45, 7) is 0.0941. The molecule has 0 amide bonds. The summed E-state index contributed by atoms with van der Waals surface area (Å²) in [5.41, 5.74) is 0. The van der Waals surface area contributed by atoms with Crippen LogP contribution in [0.15, 0.2) is 6.07 Å². The number of hydrogen-bond donors (Lipinski definition) is 0. The minimum absolute atomic E-state index is 0.0941. The summed E-state index contributed by atoms with van der Waals surface area (Å²) in [5.74, 6) is -0.878. The molecule has 0 unspecified atom stereocenters. The highest BCUT2D eigenvalue weighted by Gasteiger charge is 2.32. The average Bonchev–Trinajstić information content (AvgIpc) is 1.97. The number of ether oxygens (including phenoxy) is 1. The predicted molar refractivity (Wildman–Crippen MR) is 75.2 cm³/mol. The van der Waals surface area contributed by atoms with Crippen molar-refractivity contribution in [3.05, 3.63) is 6.07 Å². The maximum Gasteiger partial charge on any atom is 0.358 e. The van der Waals surface area contributed by atoms with Gasteiger partial charge >= 0.3 is 5.97 Å². The highest BCUT2D eigenvalue weighted by molar-refractivity contribution is 14.1. The summed E-state index contributed by atoms with van der Waals surface area (Å²) >= 11 is 23.1. The van der Waals surface area contributed by atoms with E-state index in [1.165, 1.54) is 0 Å². The van der Waals surface area contributed by atoms with E-state index in [1.54, 1.807) is 0 Å². The van der Waals surface area contributed by atoms with Gasteiger partial charge in [0.25, 0.3) is 3.79 Å². The molecule has 8 heteroatoms. The van der Waals surface area contributed by atoms with Crippen molar-refractivity contribution in [1.29, 1.82) is 0 Å². The molecule has 0 bridgehead atoms. The van der Waals surface area contributed by atoms with Crippen LogP contribution in [0, 0.1) is 0 Å². The summed E-state index contributed by atoms with van der Waals surface area (Å²) in [7, 11) is 0. The van der Waals surface area contributed by atoms with Crippen LogP contribution in [-0.4, -0.2) is 16.4 Å². The Bertz CT molecular complexity index is 234. The maximum atomic E-state index is 10.9. The zero-order valence-electron chi connectivity index (χ0n) is 5.79. The zero-order chi connectivity index (χ0) is 10.6. The fourth-order valence-electron chi connectivity index (χ4n) is 0.265. The lowest BCUT2D eigenvalue weighted by Gasteiger charge is -2.09. The molecule has 0 radical (unpaired) electrons. The Kier molecular flexibility index (Phi) is 7.59. The molecule has 0 aliphatic carbocycles. The largest absolute Gasteiger partial charge is 0.457 e. The van der Waals surface area contributed by atoms with Crippen LogP contribution in [0.3, 0.4) is 0 Å². The van der Waals surface area contributed by atoms with E-state index in [4.69, 9.17) is 39.5 Å². The Balaban J connectivity index is 4.07. The van der Waals surface area contributed by atoms with E-state index in [-0.39, 0.29) is 6.61 Å². The Morgan fingerprint density at radius 1 is 1.38 bits per heavy atom. The monoisotopic (exact) mass is 532 g/mol. The van der Waals surface area contributed by atoms with Gasteiger partial charge in [0.1, 0.15) is 6.61 Å². The van der Waals surface area contributed by atoms with Crippen molar-refractivity contribution in [2.45, 2.75) is 3.79 Å². The van der Waals surface area contributed by atoms with Crippen molar-refractivity contribution in [1.82, 2.24) is 0 Å². The molecule has 0 heterocycles. The fourth-order valence-corrected chi connectivity index (χ4v) is 0.855. The van der Waals surface area contributed by atoms with Crippen molar-refractivity contribution < 1.29 is 9.53 Å². The van der Waals surface area contributed by atoms with Crippen LogP contribution in [0.5, 0.6) is 0 Å². The van der Waals surface area contributed by atoms with Crippen LogP contribution in [0.2, 0.25) is 0 Å². The van der Waals surface area contributed by atoms with E-state index in [0.29, 0.717) is 0 Å². The molecule has 0 spiro atoms. The van der Waals surface area contributed by atoms with Crippen LogP contribution in [0.1, 0.15) is 0 Å². The molecule has 13 heavy (non-hydrogen) atoms. The van der Waals surface area contributed by atoms with Crippen LogP contribution in [0.25, 0.3) is 0 Å². The third kappa shape index (κ3) is 6.99. The summed E-state index contributed by atoms with van der Waals surface area (Å²) in [6, 6.07) is 0. The second-order valence-corrected chi connectivity index (χ2v) is 8.68. The molecule has 0 rings (SSSR count). The van der Waals surface area contributed by atoms with Crippen LogP contribution in [-0.2, 0) is 9.53 Å². The van der Waals surface area contributed by atoms with Gasteiger partial charge < -0.3 is 4.74 Å². The van der Waals surface area contributed by atoms with E-state index in [9.17, 15) is 4.79 Å². The SMILES string of the molecule is O=C(OC/C(I)=C(/Br)I)C(Cl)(Cl)Cl. The Morgan fingerprint density at radius 3 is 2.15 bits per heavy atom. The molecule has 0 saturated carbocycles. The smallest absolute Gasteiger partial charge is 0.358 e. The average molecular weight is 534 g/mol. The van der Waals surface area contributed by atoms with Gasteiger partial charge in [0.15, 0.2) is 0 Å². The third-order valence-electron chi connectivity index (χ3n) is 0.767. The highest BCUT2D eigenvalue weighted by atomic mass is 127. The lowest BCUT2D eigenvalue weighted by molar-refractivity contribution is -0.141. The first-order valence-electron chi connectivity index (χ1n) is 2.68. The summed E-state index contributed by atoms with van der Waals surface area (Å²) < 4.78 is 4.36. The molecule has 0 aromatic rings. The van der Waals surface area contributed by atoms with Crippen molar-refractivity contribution >= 4 is 102 Å². The molecule has 0 aromatic carbocycles. The molecule has 0 N–H and O–H groups in total. The lowest BCUT2D eigenvalue weighted by atomic mass is 10.7. The first-order chi connectivity index (χ1) is 5.75. The van der Waals surface area contributed by atoms with Gasteiger partial charge in [-0.3, -0.25) is 0 Å². The number of hydrogen-bond acceptors (Lipinski definition) is 2. The molecule has 0 aliphatic heterocycles. The van der Waals surface area contributed by atoms with Crippen molar-refractivity contribution in [3.63, 3.8) is 0 Å². The molecule has 0 atom stereocenters. The van der Waals surface area contributed by atoms with Gasteiger partial charge in [-0.1, -0.05) is 34.8 Å². The standard InChI is InChI=1S/C5H2BrCl3I2O2/c6-3(11)2(10)1-13-4(12)5(7,8)9/h1H2/b3-2+.